The number of nitro groups is 1. The van der Waals surface area contributed by atoms with E-state index in [0.717, 1.165) is 12.0 Å². The third-order valence-electron chi connectivity index (χ3n) is 3.37. The topological polar surface area (TPSA) is 84.7 Å². The van der Waals surface area contributed by atoms with Crippen LogP contribution in [0.5, 0.6) is 0 Å². The van der Waals surface area contributed by atoms with Crippen LogP contribution in [0.2, 0.25) is 0 Å². The molecule has 0 spiro atoms. The number of nitro benzene ring substituents is 1. The summed E-state index contributed by atoms with van der Waals surface area (Å²) in [5, 5.41) is 13.9. The van der Waals surface area contributed by atoms with Gasteiger partial charge < -0.3 is 9.64 Å². The van der Waals surface area contributed by atoms with Gasteiger partial charge in [0, 0.05) is 31.9 Å². The molecule has 1 heterocycles. The van der Waals surface area contributed by atoms with Crippen LogP contribution in [0, 0.1) is 10.1 Å². The molecule has 114 valence electrons. The summed E-state index contributed by atoms with van der Waals surface area (Å²) in [7, 11) is 0. The van der Waals surface area contributed by atoms with E-state index < -0.39 is 4.92 Å². The van der Waals surface area contributed by atoms with Crippen molar-refractivity contribution >= 4 is 11.6 Å². The SMILES string of the molecule is CCOCCCN1C(=O)CNC1c1cccc([N+](=O)[O-])c1. The minimum Gasteiger partial charge on any atom is -0.382 e. The highest BCUT2D eigenvalue weighted by Gasteiger charge is 2.31. The van der Waals surface area contributed by atoms with Crippen LogP contribution in [0.15, 0.2) is 24.3 Å². The van der Waals surface area contributed by atoms with Gasteiger partial charge in [-0.05, 0) is 18.9 Å². The molecule has 2 rings (SSSR count). The predicted octanol–water partition coefficient (Wildman–Crippen LogP) is 1.45. The molecule has 21 heavy (non-hydrogen) atoms. The first kappa shape index (κ1) is 15.4. The minimum absolute atomic E-state index is 0.00278. The molecule has 7 nitrogen and oxygen atoms in total. The van der Waals surface area contributed by atoms with Gasteiger partial charge in [-0.3, -0.25) is 20.2 Å². The number of carbonyl (C=O) groups is 1. The van der Waals surface area contributed by atoms with Gasteiger partial charge >= 0.3 is 0 Å². The molecule has 1 aromatic carbocycles. The molecule has 1 saturated heterocycles. The Hall–Kier alpha value is -1.99. The number of nitrogens with zero attached hydrogens (tertiary/aromatic N) is 2. The molecule has 1 aliphatic heterocycles. The highest BCUT2D eigenvalue weighted by atomic mass is 16.6. The summed E-state index contributed by atoms with van der Waals surface area (Å²) in [6.07, 6.45) is 0.436. The van der Waals surface area contributed by atoms with Crippen molar-refractivity contribution in [2.45, 2.75) is 19.5 Å². The fourth-order valence-electron chi connectivity index (χ4n) is 2.38. The number of carbonyl (C=O) groups excluding carboxylic acids is 1. The Balaban J connectivity index is 2.08. The number of benzene rings is 1. The Morgan fingerprint density at radius 2 is 2.33 bits per heavy atom. The Bertz CT molecular complexity index is 521. The Labute approximate surface area is 123 Å². The summed E-state index contributed by atoms with van der Waals surface area (Å²) in [5.41, 5.74) is 0.759. The molecule has 0 aliphatic carbocycles. The number of hydrogen-bond acceptors (Lipinski definition) is 5. The molecule has 1 fully saturated rings. The van der Waals surface area contributed by atoms with Crippen molar-refractivity contribution in [2.75, 3.05) is 26.3 Å². The van der Waals surface area contributed by atoms with Gasteiger partial charge in [0.1, 0.15) is 6.17 Å². The van der Waals surface area contributed by atoms with Crippen molar-refractivity contribution < 1.29 is 14.5 Å². The summed E-state index contributed by atoms with van der Waals surface area (Å²) in [6.45, 7) is 4.00. The number of ether oxygens (including phenoxy) is 1. The average molecular weight is 293 g/mol. The normalized spacial score (nSPS) is 18.2. The molecule has 1 atom stereocenters. The molecule has 1 unspecified atom stereocenters. The van der Waals surface area contributed by atoms with Crippen LogP contribution in [-0.2, 0) is 9.53 Å². The molecular weight excluding hydrogens is 274 g/mol. The van der Waals surface area contributed by atoms with Crippen molar-refractivity contribution in [3.05, 3.63) is 39.9 Å². The van der Waals surface area contributed by atoms with Crippen LogP contribution in [0.4, 0.5) is 5.69 Å². The zero-order valence-electron chi connectivity index (χ0n) is 11.9. The van der Waals surface area contributed by atoms with E-state index in [1.165, 1.54) is 12.1 Å². The van der Waals surface area contributed by atoms with Gasteiger partial charge in [-0.25, -0.2) is 0 Å². The van der Waals surface area contributed by atoms with Gasteiger partial charge in [-0.2, -0.15) is 0 Å². The van der Waals surface area contributed by atoms with Gasteiger partial charge in [0.25, 0.3) is 5.69 Å². The predicted molar refractivity (Wildman–Crippen MR) is 76.7 cm³/mol. The molecule has 1 aliphatic rings. The number of nitrogens with one attached hydrogen (secondary N) is 1. The van der Waals surface area contributed by atoms with Crippen molar-refractivity contribution in [3.63, 3.8) is 0 Å². The van der Waals surface area contributed by atoms with Gasteiger partial charge in [0.15, 0.2) is 0 Å². The zero-order chi connectivity index (χ0) is 15.2. The van der Waals surface area contributed by atoms with Gasteiger partial charge in [0.05, 0.1) is 11.5 Å². The summed E-state index contributed by atoms with van der Waals surface area (Å²) in [6, 6.07) is 6.38. The second-order valence-corrected chi connectivity index (χ2v) is 4.77. The molecule has 0 radical (unpaired) electrons. The highest BCUT2D eigenvalue weighted by molar-refractivity contribution is 5.81. The van der Waals surface area contributed by atoms with E-state index in [0.29, 0.717) is 19.8 Å². The van der Waals surface area contributed by atoms with Crippen molar-refractivity contribution in [1.82, 2.24) is 10.2 Å². The van der Waals surface area contributed by atoms with E-state index in [2.05, 4.69) is 5.32 Å². The lowest BCUT2D eigenvalue weighted by Crippen LogP contribution is -2.31. The molecule has 1 amide bonds. The van der Waals surface area contributed by atoms with Crippen molar-refractivity contribution in [1.29, 1.82) is 0 Å². The lowest BCUT2D eigenvalue weighted by Gasteiger charge is -2.24. The molecule has 1 N–H and O–H groups in total. The first-order chi connectivity index (χ1) is 10.1. The average Bonchev–Trinajstić information content (AvgIpc) is 2.85. The van der Waals surface area contributed by atoms with E-state index in [9.17, 15) is 14.9 Å². The van der Waals surface area contributed by atoms with Gasteiger partial charge in [-0.1, -0.05) is 12.1 Å². The fourth-order valence-corrected chi connectivity index (χ4v) is 2.38. The third kappa shape index (κ3) is 3.77. The second-order valence-electron chi connectivity index (χ2n) is 4.77. The van der Waals surface area contributed by atoms with E-state index >= 15 is 0 Å². The van der Waals surface area contributed by atoms with Crippen LogP contribution < -0.4 is 5.32 Å². The lowest BCUT2D eigenvalue weighted by atomic mass is 10.1. The largest absolute Gasteiger partial charge is 0.382 e. The van der Waals surface area contributed by atoms with E-state index in [1.54, 1.807) is 17.0 Å². The maximum Gasteiger partial charge on any atom is 0.269 e. The minimum atomic E-state index is -0.431. The standard InChI is InChI=1S/C14H19N3O4/c1-2-21-8-4-7-16-13(18)10-15-14(16)11-5-3-6-12(9-11)17(19)20/h3,5-6,9,14-15H,2,4,7-8,10H2,1H3. The molecule has 7 heteroatoms. The first-order valence-corrected chi connectivity index (χ1v) is 6.98. The van der Waals surface area contributed by atoms with E-state index in [-0.39, 0.29) is 24.3 Å². The number of hydrogen-bond donors (Lipinski definition) is 1. The van der Waals surface area contributed by atoms with Crippen LogP contribution >= 0.6 is 0 Å². The quantitative estimate of drug-likeness (QED) is 0.467. The summed E-state index contributed by atoms with van der Waals surface area (Å²) in [5.74, 6) is 0.00278. The number of non-ortho nitro benzene ring substituents is 1. The Kier molecular flexibility index (Phi) is 5.24. The number of rotatable bonds is 7. The maximum atomic E-state index is 11.9. The summed E-state index contributed by atoms with van der Waals surface area (Å²) < 4.78 is 5.27. The van der Waals surface area contributed by atoms with E-state index in [1.807, 2.05) is 6.92 Å². The van der Waals surface area contributed by atoms with Crippen LogP contribution in [0.25, 0.3) is 0 Å². The summed E-state index contributed by atoms with van der Waals surface area (Å²) >= 11 is 0. The Morgan fingerprint density at radius 1 is 1.52 bits per heavy atom. The molecule has 1 aromatic rings. The van der Waals surface area contributed by atoms with Gasteiger partial charge in [0.2, 0.25) is 5.91 Å². The molecule has 0 bridgehead atoms. The lowest BCUT2D eigenvalue weighted by molar-refractivity contribution is -0.385. The van der Waals surface area contributed by atoms with Crippen molar-refractivity contribution in [3.8, 4) is 0 Å². The monoisotopic (exact) mass is 293 g/mol. The van der Waals surface area contributed by atoms with E-state index in [4.69, 9.17) is 4.74 Å². The highest BCUT2D eigenvalue weighted by Crippen LogP contribution is 2.25. The smallest absolute Gasteiger partial charge is 0.269 e. The Morgan fingerprint density at radius 3 is 3.05 bits per heavy atom. The summed E-state index contributed by atoms with van der Waals surface area (Å²) in [4.78, 5) is 24.1. The fraction of sp³-hybridized carbons (Fsp3) is 0.500. The van der Waals surface area contributed by atoms with Crippen molar-refractivity contribution in [2.24, 2.45) is 0 Å². The first-order valence-electron chi connectivity index (χ1n) is 6.98. The second kappa shape index (κ2) is 7.14. The number of amides is 1. The molecule has 0 saturated carbocycles. The zero-order valence-corrected chi connectivity index (χ0v) is 11.9. The van der Waals surface area contributed by atoms with Crippen LogP contribution in [0.1, 0.15) is 25.1 Å². The molecule has 0 aromatic heterocycles. The van der Waals surface area contributed by atoms with Crippen LogP contribution in [0.3, 0.4) is 0 Å². The third-order valence-corrected chi connectivity index (χ3v) is 3.37. The van der Waals surface area contributed by atoms with Gasteiger partial charge in [-0.15, -0.1) is 0 Å². The van der Waals surface area contributed by atoms with Crippen LogP contribution in [-0.4, -0.2) is 42.0 Å². The molecular formula is C14H19N3O4. The maximum absolute atomic E-state index is 11.9.